The first-order chi connectivity index (χ1) is 13.1. The summed E-state index contributed by atoms with van der Waals surface area (Å²) in [6.07, 6.45) is 4.60. The second-order valence-corrected chi connectivity index (χ2v) is 8.75. The summed E-state index contributed by atoms with van der Waals surface area (Å²) >= 11 is 1.52. The van der Waals surface area contributed by atoms with Gasteiger partial charge >= 0.3 is 0 Å². The Morgan fingerprint density at radius 1 is 1.00 bits per heavy atom. The number of nitrogens with zero attached hydrogens (tertiary/aromatic N) is 5. The molecule has 0 N–H and O–H groups in total. The molecule has 2 fully saturated rings. The Kier molecular flexibility index (Phi) is 5.38. The number of rotatable bonds is 5. The molecule has 0 spiro atoms. The van der Waals surface area contributed by atoms with E-state index < -0.39 is 0 Å². The molecule has 2 saturated heterocycles. The highest BCUT2D eigenvalue weighted by Crippen LogP contribution is 2.31. The Morgan fingerprint density at radius 2 is 1.63 bits per heavy atom. The maximum atomic E-state index is 12.7. The number of aromatic nitrogens is 3. The third kappa shape index (κ3) is 3.83. The number of carbonyl (C=O) groups is 1. The quantitative estimate of drug-likeness (QED) is 0.740. The number of hydrogen-bond acceptors (Lipinski definition) is 5. The van der Waals surface area contributed by atoms with Crippen molar-refractivity contribution in [2.75, 3.05) is 31.1 Å². The van der Waals surface area contributed by atoms with Gasteiger partial charge in [-0.05, 0) is 51.7 Å². The standard InChI is InChI=1S/C20H27N5OS/c1-15-7-9-17(10-8-15)25-19(24-13-5-6-14-24)21-22-20(25)27-16(2)18(26)23-11-3-4-12-23/h7-10,16H,3-6,11-14H2,1-2H3. The van der Waals surface area contributed by atoms with Gasteiger partial charge in [0.15, 0.2) is 5.16 Å². The molecule has 6 nitrogen and oxygen atoms in total. The van der Waals surface area contributed by atoms with E-state index in [1.807, 2.05) is 11.8 Å². The zero-order valence-electron chi connectivity index (χ0n) is 16.1. The molecule has 3 heterocycles. The minimum Gasteiger partial charge on any atom is -0.342 e. The van der Waals surface area contributed by atoms with Crippen LogP contribution in [0.5, 0.6) is 0 Å². The number of carbonyl (C=O) groups excluding carboxylic acids is 1. The Hall–Kier alpha value is -2.02. The second-order valence-electron chi connectivity index (χ2n) is 7.44. The van der Waals surface area contributed by atoms with Gasteiger partial charge in [-0.1, -0.05) is 29.5 Å². The van der Waals surface area contributed by atoms with E-state index in [1.165, 1.54) is 30.2 Å². The van der Waals surface area contributed by atoms with Gasteiger partial charge in [0.05, 0.1) is 10.9 Å². The Bertz CT molecular complexity index is 791. The first kappa shape index (κ1) is 18.3. The lowest BCUT2D eigenvalue weighted by Gasteiger charge is -2.21. The summed E-state index contributed by atoms with van der Waals surface area (Å²) in [5, 5.41) is 9.60. The molecule has 0 aliphatic carbocycles. The van der Waals surface area contributed by atoms with Crippen LogP contribution in [-0.2, 0) is 4.79 Å². The van der Waals surface area contributed by atoms with Crippen molar-refractivity contribution in [3.05, 3.63) is 29.8 Å². The number of benzene rings is 1. The molecule has 144 valence electrons. The summed E-state index contributed by atoms with van der Waals surface area (Å²) < 4.78 is 2.11. The topological polar surface area (TPSA) is 54.3 Å². The second kappa shape index (κ2) is 7.92. The summed E-state index contributed by atoms with van der Waals surface area (Å²) in [4.78, 5) is 17.0. The number of hydrogen-bond donors (Lipinski definition) is 0. The van der Waals surface area contributed by atoms with Gasteiger partial charge in [0, 0.05) is 26.2 Å². The van der Waals surface area contributed by atoms with Crippen LogP contribution in [0.4, 0.5) is 5.95 Å². The van der Waals surface area contributed by atoms with Crippen LogP contribution in [0, 0.1) is 6.92 Å². The minimum absolute atomic E-state index is 0.164. The largest absolute Gasteiger partial charge is 0.342 e. The molecule has 7 heteroatoms. The Balaban J connectivity index is 1.63. The summed E-state index contributed by atoms with van der Waals surface area (Å²) in [6, 6.07) is 8.43. The van der Waals surface area contributed by atoms with Crippen LogP contribution in [0.1, 0.15) is 38.2 Å². The third-order valence-corrected chi connectivity index (χ3v) is 6.38. The van der Waals surface area contributed by atoms with Crippen molar-refractivity contribution in [1.82, 2.24) is 19.7 Å². The molecule has 0 bridgehead atoms. The molecule has 27 heavy (non-hydrogen) atoms. The van der Waals surface area contributed by atoms with Crippen molar-refractivity contribution in [1.29, 1.82) is 0 Å². The van der Waals surface area contributed by atoms with Gasteiger partial charge in [-0.3, -0.25) is 9.36 Å². The maximum Gasteiger partial charge on any atom is 0.235 e. The lowest BCUT2D eigenvalue weighted by Crippen LogP contribution is -2.34. The fourth-order valence-electron chi connectivity index (χ4n) is 3.78. The zero-order chi connectivity index (χ0) is 18.8. The van der Waals surface area contributed by atoms with E-state index in [1.54, 1.807) is 0 Å². The molecule has 1 aromatic carbocycles. The summed E-state index contributed by atoms with van der Waals surface area (Å²) in [5.74, 6) is 1.10. The van der Waals surface area contributed by atoms with Gasteiger partial charge in [0.1, 0.15) is 0 Å². The highest BCUT2D eigenvalue weighted by atomic mass is 32.2. The van der Waals surface area contributed by atoms with Crippen LogP contribution >= 0.6 is 11.8 Å². The molecular weight excluding hydrogens is 358 g/mol. The van der Waals surface area contributed by atoms with Crippen molar-refractivity contribution in [2.24, 2.45) is 0 Å². The van der Waals surface area contributed by atoms with Gasteiger partial charge in [-0.25, -0.2) is 0 Å². The van der Waals surface area contributed by atoms with Gasteiger partial charge in [-0.2, -0.15) is 0 Å². The predicted molar refractivity (Wildman–Crippen MR) is 109 cm³/mol. The number of likely N-dealkylation sites (tertiary alicyclic amines) is 1. The average molecular weight is 386 g/mol. The van der Waals surface area contributed by atoms with Crippen LogP contribution in [0.2, 0.25) is 0 Å². The van der Waals surface area contributed by atoms with E-state index in [0.29, 0.717) is 0 Å². The van der Waals surface area contributed by atoms with E-state index in [9.17, 15) is 4.79 Å². The number of anilines is 1. The fourth-order valence-corrected chi connectivity index (χ4v) is 4.73. The number of amides is 1. The normalized spacial score (nSPS) is 18.3. The van der Waals surface area contributed by atoms with Crippen LogP contribution < -0.4 is 4.90 Å². The van der Waals surface area contributed by atoms with Crippen LogP contribution in [-0.4, -0.2) is 57.0 Å². The smallest absolute Gasteiger partial charge is 0.235 e. The van der Waals surface area contributed by atoms with E-state index in [4.69, 9.17) is 0 Å². The van der Waals surface area contributed by atoms with Crippen molar-refractivity contribution >= 4 is 23.6 Å². The summed E-state index contributed by atoms with van der Waals surface area (Å²) in [7, 11) is 0. The monoisotopic (exact) mass is 385 g/mol. The first-order valence-electron chi connectivity index (χ1n) is 9.86. The predicted octanol–water partition coefficient (Wildman–Crippen LogP) is 3.28. The van der Waals surface area contributed by atoms with Crippen molar-refractivity contribution in [3.8, 4) is 5.69 Å². The molecule has 2 aromatic rings. The highest BCUT2D eigenvalue weighted by Gasteiger charge is 2.28. The van der Waals surface area contributed by atoms with Gasteiger partial charge in [-0.15, -0.1) is 10.2 Å². The van der Waals surface area contributed by atoms with Gasteiger partial charge in [0.2, 0.25) is 11.9 Å². The molecule has 1 amide bonds. The Morgan fingerprint density at radius 3 is 2.30 bits per heavy atom. The minimum atomic E-state index is -0.164. The molecule has 2 aliphatic heterocycles. The summed E-state index contributed by atoms with van der Waals surface area (Å²) in [6.45, 7) is 7.85. The lowest BCUT2D eigenvalue weighted by atomic mass is 10.2. The maximum absolute atomic E-state index is 12.7. The molecule has 1 atom stereocenters. The van der Waals surface area contributed by atoms with Crippen molar-refractivity contribution in [3.63, 3.8) is 0 Å². The Labute approximate surface area is 164 Å². The molecular formula is C20H27N5OS. The van der Waals surface area contributed by atoms with E-state index in [0.717, 1.165) is 55.8 Å². The summed E-state index contributed by atoms with van der Waals surface area (Å²) in [5.41, 5.74) is 2.28. The van der Waals surface area contributed by atoms with E-state index in [-0.39, 0.29) is 11.2 Å². The van der Waals surface area contributed by atoms with Gasteiger partial charge in [0.25, 0.3) is 0 Å². The molecule has 0 saturated carbocycles. The van der Waals surface area contributed by atoms with Crippen LogP contribution in [0.15, 0.2) is 29.4 Å². The molecule has 1 unspecified atom stereocenters. The SMILES string of the molecule is Cc1ccc(-n2c(SC(C)C(=O)N3CCCC3)nnc2N2CCCC2)cc1. The number of thioether (sulfide) groups is 1. The zero-order valence-corrected chi connectivity index (χ0v) is 16.9. The molecule has 2 aliphatic rings. The highest BCUT2D eigenvalue weighted by molar-refractivity contribution is 8.00. The van der Waals surface area contributed by atoms with Gasteiger partial charge < -0.3 is 9.80 Å². The number of aryl methyl sites for hydroxylation is 1. The molecule has 1 aromatic heterocycles. The average Bonchev–Trinajstić information content (AvgIpc) is 3.43. The van der Waals surface area contributed by atoms with Crippen LogP contribution in [0.3, 0.4) is 0 Å². The van der Waals surface area contributed by atoms with Crippen LogP contribution in [0.25, 0.3) is 5.69 Å². The molecule has 4 rings (SSSR count). The lowest BCUT2D eigenvalue weighted by molar-refractivity contribution is -0.129. The van der Waals surface area contributed by atoms with E-state index in [2.05, 4.69) is 50.9 Å². The third-order valence-electron chi connectivity index (χ3n) is 5.35. The molecule has 0 radical (unpaired) electrons. The first-order valence-corrected chi connectivity index (χ1v) is 10.7. The van der Waals surface area contributed by atoms with Crippen molar-refractivity contribution in [2.45, 2.75) is 49.9 Å². The van der Waals surface area contributed by atoms with E-state index >= 15 is 0 Å². The fraction of sp³-hybridized carbons (Fsp3) is 0.550. The van der Waals surface area contributed by atoms with Crippen molar-refractivity contribution < 1.29 is 4.79 Å².